The number of carbonyl (C=O) groups is 2. The lowest BCUT2D eigenvalue weighted by molar-refractivity contribution is -0.132. The molecule has 0 unspecified atom stereocenters. The average molecular weight is 435 g/mol. The molecule has 2 aromatic rings. The Labute approximate surface area is 191 Å². The Morgan fingerprint density at radius 2 is 1.81 bits per heavy atom. The maximum absolute atomic E-state index is 12.6. The first-order valence-corrected chi connectivity index (χ1v) is 11.9. The number of rotatable bonds is 7. The predicted octanol–water partition coefficient (Wildman–Crippen LogP) is 4.36. The Hall–Kier alpha value is -2.89. The van der Waals surface area contributed by atoms with E-state index < -0.39 is 0 Å². The standard InChI is InChI=1S/C26H34N4O2/c1-3-4-7-25(31)29-15-12-21(13-16-29)20-8-10-23(11-9-20)28-26(32)22-17-30(18-22)24-6-5-14-27-19(24)2/h5-6,8-11,14,21-22H,3-4,7,12-13,15-18H2,1-2H3,(H,28,32). The number of piperidine rings is 1. The Balaban J connectivity index is 1.24. The van der Waals surface area contributed by atoms with Crippen LogP contribution in [0.3, 0.4) is 0 Å². The zero-order valence-corrected chi connectivity index (χ0v) is 19.2. The molecule has 0 radical (unpaired) electrons. The first-order chi connectivity index (χ1) is 15.5. The monoisotopic (exact) mass is 434 g/mol. The fourth-order valence-corrected chi connectivity index (χ4v) is 4.68. The van der Waals surface area contributed by atoms with Crippen LogP contribution in [0, 0.1) is 12.8 Å². The lowest BCUT2D eigenvalue weighted by Crippen LogP contribution is -2.52. The van der Waals surface area contributed by atoms with Crippen LogP contribution in [0.25, 0.3) is 0 Å². The fraction of sp³-hybridized carbons (Fsp3) is 0.500. The van der Waals surface area contributed by atoms with Crippen LogP contribution in [-0.2, 0) is 9.59 Å². The van der Waals surface area contributed by atoms with Gasteiger partial charge in [0.1, 0.15) is 0 Å². The first-order valence-electron chi connectivity index (χ1n) is 11.9. The molecule has 0 atom stereocenters. The fourth-order valence-electron chi connectivity index (χ4n) is 4.68. The predicted molar refractivity (Wildman–Crippen MR) is 128 cm³/mol. The summed E-state index contributed by atoms with van der Waals surface area (Å²) in [6.45, 7) is 7.27. The van der Waals surface area contributed by atoms with Gasteiger partial charge in [-0.3, -0.25) is 14.6 Å². The molecular formula is C26H34N4O2. The first kappa shape index (κ1) is 22.3. The third-order valence-corrected chi connectivity index (χ3v) is 6.81. The summed E-state index contributed by atoms with van der Waals surface area (Å²) < 4.78 is 0. The van der Waals surface area contributed by atoms with Crippen molar-refractivity contribution in [2.24, 2.45) is 5.92 Å². The van der Waals surface area contributed by atoms with Crippen LogP contribution in [0.1, 0.15) is 56.2 Å². The van der Waals surface area contributed by atoms with Crippen LogP contribution in [0.2, 0.25) is 0 Å². The normalized spacial score (nSPS) is 17.2. The third kappa shape index (κ3) is 5.12. The van der Waals surface area contributed by atoms with Crippen molar-refractivity contribution in [3.63, 3.8) is 0 Å². The van der Waals surface area contributed by atoms with Crippen molar-refractivity contribution in [3.8, 4) is 0 Å². The summed E-state index contributed by atoms with van der Waals surface area (Å²) >= 11 is 0. The van der Waals surface area contributed by atoms with Crippen molar-refractivity contribution in [2.45, 2.75) is 51.9 Å². The van der Waals surface area contributed by atoms with Gasteiger partial charge in [-0.2, -0.15) is 0 Å². The lowest BCUT2D eigenvalue weighted by Gasteiger charge is -2.40. The highest BCUT2D eigenvalue weighted by atomic mass is 16.2. The van der Waals surface area contributed by atoms with E-state index in [1.807, 2.05) is 30.0 Å². The van der Waals surface area contributed by atoms with E-state index in [1.165, 1.54) is 5.56 Å². The number of nitrogens with one attached hydrogen (secondary N) is 1. The molecule has 1 N–H and O–H groups in total. The van der Waals surface area contributed by atoms with Crippen LogP contribution in [0.4, 0.5) is 11.4 Å². The van der Waals surface area contributed by atoms with Gasteiger partial charge in [0, 0.05) is 44.5 Å². The van der Waals surface area contributed by atoms with Gasteiger partial charge in [-0.05, 0) is 61.9 Å². The zero-order valence-electron chi connectivity index (χ0n) is 19.2. The number of nitrogens with zero attached hydrogens (tertiary/aromatic N) is 3. The summed E-state index contributed by atoms with van der Waals surface area (Å²) in [5.41, 5.74) is 4.25. The molecule has 170 valence electrons. The molecule has 2 fully saturated rings. The number of aryl methyl sites for hydroxylation is 1. The van der Waals surface area contributed by atoms with Gasteiger partial charge in [0.2, 0.25) is 11.8 Å². The van der Waals surface area contributed by atoms with Gasteiger partial charge < -0.3 is 15.1 Å². The van der Waals surface area contributed by atoms with E-state index in [0.717, 1.165) is 68.9 Å². The van der Waals surface area contributed by atoms with Crippen molar-refractivity contribution in [2.75, 3.05) is 36.4 Å². The van der Waals surface area contributed by atoms with E-state index in [0.29, 0.717) is 18.2 Å². The molecule has 1 aromatic heterocycles. The summed E-state index contributed by atoms with van der Waals surface area (Å²) in [6, 6.07) is 12.3. The molecule has 0 aliphatic carbocycles. The van der Waals surface area contributed by atoms with Crippen molar-refractivity contribution < 1.29 is 9.59 Å². The largest absolute Gasteiger partial charge is 0.368 e. The van der Waals surface area contributed by atoms with E-state index >= 15 is 0 Å². The number of benzene rings is 1. The van der Waals surface area contributed by atoms with Gasteiger partial charge in [0.25, 0.3) is 0 Å². The molecule has 2 aliphatic heterocycles. The number of pyridine rings is 1. The molecule has 4 rings (SSSR count). The van der Waals surface area contributed by atoms with E-state index in [-0.39, 0.29) is 11.8 Å². The minimum atomic E-state index is 0.00357. The number of anilines is 2. The number of likely N-dealkylation sites (tertiary alicyclic amines) is 1. The molecule has 0 bridgehead atoms. The van der Waals surface area contributed by atoms with Crippen molar-refractivity contribution in [1.29, 1.82) is 0 Å². The molecule has 6 heteroatoms. The summed E-state index contributed by atoms with van der Waals surface area (Å²) in [6.07, 6.45) is 6.53. The Kier molecular flexibility index (Phi) is 7.08. The highest BCUT2D eigenvalue weighted by Gasteiger charge is 2.33. The maximum Gasteiger partial charge on any atom is 0.231 e. The summed E-state index contributed by atoms with van der Waals surface area (Å²) in [7, 11) is 0. The Bertz CT molecular complexity index is 929. The van der Waals surface area contributed by atoms with Crippen LogP contribution in [-0.4, -0.2) is 47.9 Å². The van der Waals surface area contributed by atoms with Crippen molar-refractivity contribution in [1.82, 2.24) is 9.88 Å². The number of unbranched alkanes of at least 4 members (excludes halogenated alkanes) is 1. The highest BCUT2D eigenvalue weighted by molar-refractivity contribution is 5.94. The van der Waals surface area contributed by atoms with Gasteiger partial charge in [0.05, 0.1) is 17.3 Å². The molecule has 32 heavy (non-hydrogen) atoms. The van der Waals surface area contributed by atoms with Crippen LogP contribution in [0.5, 0.6) is 0 Å². The summed E-state index contributed by atoms with van der Waals surface area (Å²) in [5, 5.41) is 3.07. The van der Waals surface area contributed by atoms with Crippen LogP contribution < -0.4 is 10.2 Å². The van der Waals surface area contributed by atoms with Gasteiger partial charge in [-0.25, -0.2) is 0 Å². The minimum Gasteiger partial charge on any atom is -0.368 e. The Morgan fingerprint density at radius 3 is 2.47 bits per heavy atom. The average Bonchev–Trinajstić information content (AvgIpc) is 2.78. The second-order valence-corrected chi connectivity index (χ2v) is 9.08. The quantitative estimate of drug-likeness (QED) is 0.703. The summed E-state index contributed by atoms with van der Waals surface area (Å²) in [5.74, 6) is 0.868. The zero-order chi connectivity index (χ0) is 22.5. The topological polar surface area (TPSA) is 65.5 Å². The van der Waals surface area contributed by atoms with Crippen LogP contribution in [0.15, 0.2) is 42.6 Å². The molecule has 6 nitrogen and oxygen atoms in total. The minimum absolute atomic E-state index is 0.00357. The number of carbonyl (C=O) groups excluding carboxylic acids is 2. The van der Waals surface area contributed by atoms with Gasteiger partial charge in [-0.1, -0.05) is 25.5 Å². The van der Waals surface area contributed by atoms with Crippen molar-refractivity contribution >= 4 is 23.2 Å². The number of hydrogen-bond donors (Lipinski definition) is 1. The van der Waals surface area contributed by atoms with Gasteiger partial charge >= 0.3 is 0 Å². The molecule has 0 saturated carbocycles. The van der Waals surface area contributed by atoms with E-state index in [2.05, 4.69) is 40.3 Å². The highest BCUT2D eigenvalue weighted by Crippen LogP contribution is 2.30. The summed E-state index contributed by atoms with van der Waals surface area (Å²) in [4.78, 5) is 33.4. The Morgan fingerprint density at radius 1 is 1.09 bits per heavy atom. The van der Waals surface area contributed by atoms with Crippen molar-refractivity contribution in [3.05, 3.63) is 53.9 Å². The van der Waals surface area contributed by atoms with Gasteiger partial charge in [-0.15, -0.1) is 0 Å². The number of aromatic nitrogens is 1. The maximum atomic E-state index is 12.6. The molecule has 3 heterocycles. The van der Waals surface area contributed by atoms with E-state index in [1.54, 1.807) is 6.20 Å². The lowest BCUT2D eigenvalue weighted by atomic mass is 9.89. The molecule has 1 aromatic carbocycles. The SMILES string of the molecule is CCCCC(=O)N1CCC(c2ccc(NC(=O)C3CN(c4cccnc4C)C3)cc2)CC1. The molecular weight excluding hydrogens is 400 g/mol. The smallest absolute Gasteiger partial charge is 0.231 e. The number of hydrogen-bond acceptors (Lipinski definition) is 4. The molecule has 2 saturated heterocycles. The third-order valence-electron chi connectivity index (χ3n) is 6.81. The van der Waals surface area contributed by atoms with Gasteiger partial charge in [0.15, 0.2) is 0 Å². The molecule has 2 aliphatic rings. The number of amides is 2. The molecule has 2 amide bonds. The molecule has 0 spiro atoms. The second kappa shape index (κ2) is 10.2. The van der Waals surface area contributed by atoms with Crippen LogP contribution >= 0.6 is 0 Å². The second-order valence-electron chi connectivity index (χ2n) is 9.08. The van der Waals surface area contributed by atoms with E-state index in [9.17, 15) is 9.59 Å². The van der Waals surface area contributed by atoms with E-state index in [4.69, 9.17) is 0 Å².